The van der Waals surface area contributed by atoms with Gasteiger partial charge in [-0.3, -0.25) is 9.59 Å². The summed E-state index contributed by atoms with van der Waals surface area (Å²) in [7, 11) is 0. The number of hydrogen-bond acceptors (Lipinski definition) is 3. The van der Waals surface area contributed by atoms with Crippen molar-refractivity contribution in [2.45, 2.75) is 33.4 Å². The molecule has 4 nitrogen and oxygen atoms in total. The number of nitrogens with one attached hydrogen (secondary N) is 2. The summed E-state index contributed by atoms with van der Waals surface area (Å²) in [6, 6.07) is 11.0. The maximum atomic E-state index is 12.5. The Morgan fingerprint density at radius 3 is 2.43 bits per heavy atom. The molecule has 1 amide bonds. The van der Waals surface area contributed by atoms with E-state index in [9.17, 15) is 9.59 Å². The normalized spacial score (nSPS) is 13.3. The molecule has 122 valence electrons. The fourth-order valence-electron chi connectivity index (χ4n) is 2.45. The van der Waals surface area contributed by atoms with E-state index in [1.165, 1.54) is 16.7 Å². The van der Waals surface area contributed by atoms with Crippen LogP contribution in [0.3, 0.4) is 0 Å². The number of likely N-dealkylation sites (N-methyl/N-ethyl adjacent to an activating group) is 1. The molecule has 0 radical (unpaired) electrons. The molecule has 0 saturated heterocycles. The summed E-state index contributed by atoms with van der Waals surface area (Å²) in [6.07, 6.45) is 0. The monoisotopic (exact) mass is 331 g/mol. The van der Waals surface area contributed by atoms with Crippen molar-refractivity contribution in [3.8, 4) is 0 Å². The molecular weight excluding hydrogens is 308 g/mol. The first kappa shape index (κ1) is 17.4. The van der Waals surface area contributed by atoms with Crippen LogP contribution < -0.4 is 10.2 Å². The molecule has 2 N–H and O–H groups in total. The third kappa shape index (κ3) is 4.74. The number of anilines is 1. The zero-order valence-electron chi connectivity index (χ0n) is 13.8. The highest BCUT2D eigenvalue weighted by molar-refractivity contribution is 7.09. The second-order valence-electron chi connectivity index (χ2n) is 5.61. The largest absolute Gasteiger partial charge is 0.321 e. The van der Waals surface area contributed by atoms with E-state index >= 15 is 0 Å². The molecule has 1 aromatic heterocycles. The molecule has 5 heteroatoms. The molecule has 1 unspecified atom stereocenters. The van der Waals surface area contributed by atoms with Gasteiger partial charge in [0.2, 0.25) is 0 Å². The Balaban J connectivity index is 1.98. The van der Waals surface area contributed by atoms with E-state index in [2.05, 4.69) is 23.7 Å². The first-order chi connectivity index (χ1) is 11.0. The van der Waals surface area contributed by atoms with Crippen LogP contribution >= 0.6 is 11.3 Å². The number of hydrogen-bond donors (Lipinski definition) is 2. The molecule has 0 aliphatic carbocycles. The molecule has 0 aliphatic heterocycles. The van der Waals surface area contributed by atoms with E-state index in [1.807, 2.05) is 13.0 Å². The second kappa shape index (κ2) is 8.04. The van der Waals surface area contributed by atoms with Gasteiger partial charge in [0.05, 0.1) is 11.4 Å². The molecule has 2 rings (SSSR count). The molecular formula is C18H23N2O2S+. The van der Waals surface area contributed by atoms with Crippen molar-refractivity contribution in [3.63, 3.8) is 0 Å². The summed E-state index contributed by atoms with van der Waals surface area (Å²) in [5.74, 6) is 0.0165. The average molecular weight is 331 g/mol. The fraction of sp³-hybridized carbons (Fsp3) is 0.333. The lowest BCUT2D eigenvalue weighted by atomic mass is 10.1. The quantitative estimate of drug-likeness (QED) is 0.766. The highest BCUT2D eigenvalue weighted by Gasteiger charge is 2.24. The van der Waals surface area contributed by atoms with Crippen LogP contribution in [0.15, 0.2) is 41.8 Å². The van der Waals surface area contributed by atoms with Crippen LogP contribution in [0.25, 0.3) is 0 Å². The molecule has 0 fully saturated rings. The molecule has 0 bridgehead atoms. The van der Waals surface area contributed by atoms with E-state index in [1.54, 1.807) is 35.6 Å². The van der Waals surface area contributed by atoms with Crippen molar-refractivity contribution in [3.05, 3.63) is 52.2 Å². The molecule has 1 heterocycles. The number of quaternary nitrogens is 1. The molecule has 0 saturated carbocycles. The first-order valence-corrected chi connectivity index (χ1v) is 8.68. The third-order valence-electron chi connectivity index (χ3n) is 4.00. The van der Waals surface area contributed by atoms with E-state index in [0.717, 1.165) is 18.8 Å². The number of Topliss-reactive ketones (excluding diaryl/α,β-unsaturated/α-hetero) is 1. The predicted molar refractivity (Wildman–Crippen MR) is 94.1 cm³/mol. The SMILES string of the molecule is CC[NH+](Cc1cccs1)[C@@H](C)C(=O)Nc1ccc(C(C)=O)cc1. The Hall–Kier alpha value is -1.98. The van der Waals surface area contributed by atoms with Gasteiger partial charge in [0.15, 0.2) is 11.8 Å². The van der Waals surface area contributed by atoms with Gasteiger partial charge in [0, 0.05) is 11.3 Å². The van der Waals surface area contributed by atoms with Gasteiger partial charge in [-0.2, -0.15) is 0 Å². The number of ketones is 1. The zero-order valence-corrected chi connectivity index (χ0v) is 14.6. The van der Waals surface area contributed by atoms with Crippen LogP contribution in [0, 0.1) is 0 Å². The molecule has 2 aromatic rings. The van der Waals surface area contributed by atoms with Crippen LogP contribution in [0.2, 0.25) is 0 Å². The summed E-state index contributed by atoms with van der Waals surface area (Å²) in [6.45, 7) is 7.31. The Bertz CT molecular complexity index is 650. The summed E-state index contributed by atoms with van der Waals surface area (Å²) < 4.78 is 0. The standard InChI is InChI=1S/C18H22N2O2S/c1-4-20(12-17-6-5-11-23-17)13(2)18(22)19-16-9-7-15(8-10-16)14(3)21/h5-11,13H,4,12H2,1-3H3,(H,19,22)/p+1/t13-/m0/s1. The minimum atomic E-state index is -0.144. The number of benzene rings is 1. The highest BCUT2D eigenvalue weighted by Crippen LogP contribution is 2.10. The van der Waals surface area contributed by atoms with Crippen molar-refractivity contribution in [1.29, 1.82) is 0 Å². The van der Waals surface area contributed by atoms with Crippen LogP contribution in [0.1, 0.15) is 36.0 Å². The number of amides is 1. The minimum Gasteiger partial charge on any atom is -0.321 e. The number of thiophene rings is 1. The van der Waals surface area contributed by atoms with Crippen molar-refractivity contribution in [2.24, 2.45) is 0 Å². The maximum Gasteiger partial charge on any atom is 0.282 e. The number of carbonyl (C=O) groups is 2. The fourth-order valence-corrected chi connectivity index (χ4v) is 3.20. The Labute approximate surface area is 141 Å². The third-order valence-corrected chi connectivity index (χ3v) is 4.88. The first-order valence-electron chi connectivity index (χ1n) is 7.80. The van der Waals surface area contributed by atoms with E-state index < -0.39 is 0 Å². The summed E-state index contributed by atoms with van der Waals surface area (Å²) in [4.78, 5) is 26.3. The van der Waals surface area contributed by atoms with E-state index in [4.69, 9.17) is 0 Å². The average Bonchev–Trinajstić information content (AvgIpc) is 3.05. The van der Waals surface area contributed by atoms with Crippen LogP contribution in [-0.4, -0.2) is 24.3 Å². The summed E-state index contributed by atoms with van der Waals surface area (Å²) in [5, 5.41) is 4.99. The lowest BCUT2D eigenvalue weighted by Gasteiger charge is -2.23. The van der Waals surface area contributed by atoms with Crippen LogP contribution in [0.5, 0.6) is 0 Å². The van der Waals surface area contributed by atoms with Crippen molar-refractivity contribution in [2.75, 3.05) is 11.9 Å². The Morgan fingerprint density at radius 1 is 1.22 bits per heavy atom. The van der Waals surface area contributed by atoms with Gasteiger partial charge in [0.1, 0.15) is 6.54 Å². The lowest BCUT2D eigenvalue weighted by Crippen LogP contribution is -3.15. The molecule has 0 spiro atoms. The van der Waals surface area contributed by atoms with Gasteiger partial charge >= 0.3 is 0 Å². The lowest BCUT2D eigenvalue weighted by molar-refractivity contribution is -0.925. The van der Waals surface area contributed by atoms with Gasteiger partial charge in [-0.25, -0.2) is 0 Å². The Morgan fingerprint density at radius 2 is 1.91 bits per heavy atom. The Kier molecular flexibility index (Phi) is 6.07. The smallest absolute Gasteiger partial charge is 0.282 e. The van der Waals surface area contributed by atoms with Gasteiger partial charge in [-0.05, 0) is 56.5 Å². The maximum absolute atomic E-state index is 12.5. The molecule has 1 aromatic carbocycles. The van der Waals surface area contributed by atoms with Crippen molar-refractivity contribution < 1.29 is 14.5 Å². The van der Waals surface area contributed by atoms with E-state index in [0.29, 0.717) is 5.56 Å². The highest BCUT2D eigenvalue weighted by atomic mass is 32.1. The predicted octanol–water partition coefficient (Wildman–Crippen LogP) is 2.38. The second-order valence-corrected chi connectivity index (χ2v) is 6.64. The minimum absolute atomic E-state index is 0.00557. The van der Waals surface area contributed by atoms with Crippen molar-refractivity contribution in [1.82, 2.24) is 0 Å². The number of rotatable bonds is 7. The molecule has 2 atom stereocenters. The summed E-state index contributed by atoms with van der Waals surface area (Å²) >= 11 is 1.72. The topological polar surface area (TPSA) is 50.6 Å². The van der Waals surface area contributed by atoms with Crippen LogP contribution in [-0.2, 0) is 11.3 Å². The van der Waals surface area contributed by atoms with Gasteiger partial charge in [-0.15, -0.1) is 11.3 Å². The van der Waals surface area contributed by atoms with Gasteiger partial charge < -0.3 is 10.2 Å². The molecule has 0 aliphatic rings. The number of carbonyl (C=O) groups excluding carboxylic acids is 2. The summed E-state index contributed by atoms with van der Waals surface area (Å²) in [5.41, 5.74) is 1.37. The van der Waals surface area contributed by atoms with Crippen molar-refractivity contribution >= 4 is 28.7 Å². The van der Waals surface area contributed by atoms with Gasteiger partial charge in [0.25, 0.3) is 5.91 Å². The van der Waals surface area contributed by atoms with Crippen LogP contribution in [0.4, 0.5) is 5.69 Å². The van der Waals surface area contributed by atoms with Gasteiger partial charge in [-0.1, -0.05) is 6.07 Å². The molecule has 23 heavy (non-hydrogen) atoms. The van der Waals surface area contributed by atoms with E-state index in [-0.39, 0.29) is 17.7 Å². The zero-order chi connectivity index (χ0) is 16.8.